The summed E-state index contributed by atoms with van der Waals surface area (Å²) in [7, 11) is 0. The van der Waals surface area contributed by atoms with Crippen molar-refractivity contribution in [1.29, 1.82) is 0 Å². The van der Waals surface area contributed by atoms with Gasteiger partial charge in [-0.3, -0.25) is 0 Å². The number of imidazole rings is 1. The summed E-state index contributed by atoms with van der Waals surface area (Å²) in [6.07, 6.45) is 1.72. The van der Waals surface area contributed by atoms with Gasteiger partial charge in [0, 0.05) is 11.5 Å². The SMILES string of the molecule is NC(COc1ccc2ncc(-c3cc4ccccc4o3)n2n1)c1ccc(F)cc1. The van der Waals surface area contributed by atoms with Crippen molar-refractivity contribution in [1.82, 2.24) is 14.6 Å². The van der Waals surface area contributed by atoms with Crippen LogP contribution in [0.15, 0.2) is 77.3 Å². The van der Waals surface area contributed by atoms with E-state index in [1.54, 1.807) is 28.9 Å². The molecule has 0 amide bonds. The average Bonchev–Trinajstić information content (AvgIpc) is 3.35. The second-order valence-electron chi connectivity index (χ2n) is 6.70. The Morgan fingerprint density at radius 1 is 1.07 bits per heavy atom. The molecule has 0 aliphatic heterocycles. The van der Waals surface area contributed by atoms with Crippen molar-refractivity contribution < 1.29 is 13.5 Å². The second-order valence-corrected chi connectivity index (χ2v) is 6.70. The molecule has 0 saturated heterocycles. The standard InChI is InChI=1S/C22H17FN4O2/c23-16-7-5-14(6-8-16)17(24)13-28-22-10-9-21-25-12-18(27(21)26-22)20-11-15-3-1-2-4-19(15)29-20/h1-12,17H,13,24H2. The van der Waals surface area contributed by atoms with Crippen LogP contribution < -0.4 is 10.5 Å². The van der Waals surface area contributed by atoms with Crippen molar-refractivity contribution in [2.45, 2.75) is 6.04 Å². The zero-order valence-electron chi connectivity index (χ0n) is 15.3. The molecule has 1 unspecified atom stereocenters. The number of aromatic nitrogens is 3. The van der Waals surface area contributed by atoms with Crippen LogP contribution in [-0.4, -0.2) is 21.2 Å². The van der Waals surface area contributed by atoms with Crippen LogP contribution in [0.1, 0.15) is 11.6 Å². The van der Waals surface area contributed by atoms with Crippen molar-refractivity contribution in [2.75, 3.05) is 6.61 Å². The van der Waals surface area contributed by atoms with Gasteiger partial charge in [0.15, 0.2) is 11.4 Å². The number of para-hydroxylation sites is 1. The first-order valence-electron chi connectivity index (χ1n) is 9.15. The monoisotopic (exact) mass is 388 g/mol. The lowest BCUT2D eigenvalue weighted by Gasteiger charge is -2.13. The maximum absolute atomic E-state index is 13.1. The molecule has 6 nitrogen and oxygen atoms in total. The predicted octanol–water partition coefficient (Wildman–Crippen LogP) is 4.36. The van der Waals surface area contributed by atoms with Gasteiger partial charge in [-0.25, -0.2) is 13.9 Å². The molecular weight excluding hydrogens is 371 g/mol. The van der Waals surface area contributed by atoms with E-state index < -0.39 is 6.04 Å². The molecule has 0 aliphatic rings. The van der Waals surface area contributed by atoms with E-state index in [0.717, 1.165) is 22.2 Å². The maximum atomic E-state index is 13.1. The van der Waals surface area contributed by atoms with E-state index in [2.05, 4.69) is 10.1 Å². The third-order valence-corrected chi connectivity index (χ3v) is 4.72. The first-order chi connectivity index (χ1) is 14.2. The summed E-state index contributed by atoms with van der Waals surface area (Å²) < 4.78 is 26.4. The molecule has 2 N–H and O–H groups in total. The van der Waals surface area contributed by atoms with Crippen LogP contribution in [0.2, 0.25) is 0 Å². The highest BCUT2D eigenvalue weighted by Crippen LogP contribution is 2.28. The molecule has 3 aromatic heterocycles. The highest BCUT2D eigenvalue weighted by Gasteiger charge is 2.14. The van der Waals surface area contributed by atoms with E-state index >= 15 is 0 Å². The topological polar surface area (TPSA) is 78.6 Å². The Bertz CT molecular complexity index is 1260. The van der Waals surface area contributed by atoms with Crippen molar-refractivity contribution in [3.8, 4) is 17.3 Å². The Labute approximate surface area is 165 Å². The summed E-state index contributed by atoms with van der Waals surface area (Å²) >= 11 is 0. The summed E-state index contributed by atoms with van der Waals surface area (Å²) in [5, 5.41) is 5.53. The number of nitrogens with two attached hydrogens (primary N) is 1. The number of benzene rings is 2. The maximum Gasteiger partial charge on any atom is 0.231 e. The minimum Gasteiger partial charge on any atom is -0.475 e. The summed E-state index contributed by atoms with van der Waals surface area (Å²) in [4.78, 5) is 4.38. The average molecular weight is 388 g/mol. The molecule has 2 aromatic carbocycles. The molecule has 5 aromatic rings. The second kappa shape index (κ2) is 7.03. The van der Waals surface area contributed by atoms with Crippen molar-refractivity contribution in [3.63, 3.8) is 0 Å². The molecule has 29 heavy (non-hydrogen) atoms. The van der Waals surface area contributed by atoms with Gasteiger partial charge >= 0.3 is 0 Å². The number of ether oxygens (including phenoxy) is 1. The van der Waals surface area contributed by atoms with Gasteiger partial charge in [0.25, 0.3) is 0 Å². The molecule has 5 rings (SSSR count). The smallest absolute Gasteiger partial charge is 0.231 e. The number of fused-ring (bicyclic) bond motifs is 2. The Morgan fingerprint density at radius 2 is 1.90 bits per heavy atom. The van der Waals surface area contributed by atoms with E-state index in [-0.39, 0.29) is 12.4 Å². The van der Waals surface area contributed by atoms with Crippen LogP contribution in [0.5, 0.6) is 5.88 Å². The van der Waals surface area contributed by atoms with Crippen LogP contribution in [-0.2, 0) is 0 Å². The van der Waals surface area contributed by atoms with Gasteiger partial charge < -0.3 is 14.9 Å². The lowest BCUT2D eigenvalue weighted by atomic mass is 10.1. The number of furan rings is 1. The van der Waals surface area contributed by atoms with Crippen LogP contribution in [0.3, 0.4) is 0 Å². The summed E-state index contributed by atoms with van der Waals surface area (Å²) in [5.74, 6) is 0.781. The molecule has 3 heterocycles. The first kappa shape index (κ1) is 17.4. The molecule has 7 heteroatoms. The fourth-order valence-corrected chi connectivity index (χ4v) is 3.19. The van der Waals surface area contributed by atoms with Crippen LogP contribution >= 0.6 is 0 Å². The molecule has 0 spiro atoms. The first-order valence-corrected chi connectivity index (χ1v) is 9.15. The van der Waals surface area contributed by atoms with Crippen LogP contribution in [0.4, 0.5) is 4.39 Å². The quantitative estimate of drug-likeness (QED) is 0.484. The number of halogens is 1. The molecule has 1 atom stereocenters. The number of hydrogen-bond donors (Lipinski definition) is 1. The van der Waals surface area contributed by atoms with Gasteiger partial charge in [0.1, 0.15) is 23.7 Å². The van der Waals surface area contributed by atoms with Gasteiger partial charge in [-0.1, -0.05) is 30.3 Å². The zero-order valence-corrected chi connectivity index (χ0v) is 15.3. The third kappa shape index (κ3) is 3.32. The minimum atomic E-state index is -0.397. The van der Waals surface area contributed by atoms with E-state index in [4.69, 9.17) is 14.9 Å². The Morgan fingerprint density at radius 3 is 2.72 bits per heavy atom. The minimum absolute atomic E-state index is 0.207. The van der Waals surface area contributed by atoms with Gasteiger partial charge in [-0.2, -0.15) is 0 Å². The van der Waals surface area contributed by atoms with Gasteiger partial charge in [-0.15, -0.1) is 5.10 Å². The third-order valence-electron chi connectivity index (χ3n) is 4.72. The highest BCUT2D eigenvalue weighted by atomic mass is 19.1. The molecular formula is C22H17FN4O2. The number of nitrogens with zero attached hydrogens (tertiary/aromatic N) is 3. The lowest BCUT2D eigenvalue weighted by Crippen LogP contribution is -2.19. The summed E-state index contributed by atoms with van der Waals surface area (Å²) in [5.41, 5.74) is 9.13. The lowest BCUT2D eigenvalue weighted by molar-refractivity contribution is 0.276. The largest absolute Gasteiger partial charge is 0.475 e. The van der Waals surface area contributed by atoms with E-state index in [1.807, 2.05) is 36.4 Å². The van der Waals surface area contributed by atoms with Crippen molar-refractivity contribution in [2.24, 2.45) is 5.73 Å². The van der Waals surface area contributed by atoms with Gasteiger partial charge in [-0.05, 0) is 35.9 Å². The summed E-state index contributed by atoms with van der Waals surface area (Å²) in [6.45, 7) is 0.207. The molecule has 0 saturated carbocycles. The zero-order chi connectivity index (χ0) is 19.8. The molecule has 0 aliphatic carbocycles. The van der Waals surface area contributed by atoms with Crippen LogP contribution in [0.25, 0.3) is 28.1 Å². The summed E-state index contributed by atoms with van der Waals surface area (Å²) in [6, 6.07) is 19.0. The molecule has 0 fully saturated rings. The number of rotatable bonds is 5. The molecule has 0 bridgehead atoms. The fourth-order valence-electron chi connectivity index (χ4n) is 3.19. The van der Waals surface area contributed by atoms with Crippen molar-refractivity contribution >= 4 is 16.6 Å². The fraction of sp³-hybridized carbons (Fsp3) is 0.0909. The van der Waals surface area contributed by atoms with E-state index in [1.165, 1.54) is 12.1 Å². The normalized spacial score (nSPS) is 12.5. The highest BCUT2D eigenvalue weighted by molar-refractivity contribution is 5.82. The predicted molar refractivity (Wildman–Crippen MR) is 107 cm³/mol. The number of hydrogen-bond acceptors (Lipinski definition) is 5. The van der Waals surface area contributed by atoms with E-state index in [0.29, 0.717) is 17.3 Å². The van der Waals surface area contributed by atoms with Crippen LogP contribution in [0, 0.1) is 5.82 Å². The van der Waals surface area contributed by atoms with E-state index in [9.17, 15) is 4.39 Å². The Hall–Kier alpha value is -3.71. The van der Waals surface area contributed by atoms with Gasteiger partial charge in [0.05, 0.1) is 12.2 Å². The van der Waals surface area contributed by atoms with Crippen molar-refractivity contribution in [3.05, 3.63) is 84.3 Å². The molecule has 0 radical (unpaired) electrons. The Balaban J connectivity index is 1.41. The molecule has 144 valence electrons. The van der Waals surface area contributed by atoms with Gasteiger partial charge in [0.2, 0.25) is 5.88 Å². The Kier molecular flexibility index (Phi) is 4.22.